The van der Waals surface area contributed by atoms with Crippen LogP contribution in [0.2, 0.25) is 0 Å². The minimum absolute atomic E-state index is 0.175. The van der Waals surface area contributed by atoms with E-state index in [0.717, 1.165) is 44.9 Å². The maximum Gasteiger partial charge on any atom is 0.361 e. The third-order valence-corrected chi connectivity index (χ3v) is 19.4. The number of esters is 2. The van der Waals surface area contributed by atoms with E-state index in [1.165, 1.54) is 366 Å². The van der Waals surface area contributed by atoms with Gasteiger partial charge in [-0.25, -0.2) is 4.79 Å². The number of carbonyl (C=O) groups is 3. The van der Waals surface area contributed by atoms with Crippen LogP contribution < -0.4 is 0 Å². The van der Waals surface area contributed by atoms with Gasteiger partial charge >= 0.3 is 17.9 Å². The normalized spacial score (nSPS) is 12.7. The van der Waals surface area contributed by atoms with Gasteiger partial charge in [-0.15, -0.1) is 0 Å². The minimum Gasteiger partial charge on any atom is -0.477 e. The van der Waals surface area contributed by atoms with E-state index in [9.17, 15) is 19.5 Å². The molecule has 0 aromatic heterocycles. The highest BCUT2D eigenvalue weighted by Crippen LogP contribution is 2.20. The monoisotopic (exact) mass is 1340 g/mol. The summed E-state index contributed by atoms with van der Waals surface area (Å²) in [6.45, 7) is 4.95. The van der Waals surface area contributed by atoms with Crippen LogP contribution in [0.15, 0.2) is 36.5 Å². The lowest BCUT2D eigenvalue weighted by Crippen LogP contribution is -2.40. The molecule has 0 aliphatic rings. The molecule has 0 aromatic carbocycles. The van der Waals surface area contributed by atoms with E-state index in [4.69, 9.17) is 18.9 Å². The molecule has 0 radical (unpaired) electrons. The Bertz CT molecular complexity index is 1650. The maximum atomic E-state index is 13.0. The highest BCUT2D eigenvalue weighted by molar-refractivity contribution is 5.71. The molecule has 9 nitrogen and oxygen atoms in total. The standard InChI is InChI=1S/C86H163NO8/c1-6-8-10-12-14-16-18-20-22-24-26-28-30-32-34-36-38-40-41-42-43-45-47-49-51-53-55-57-59-61-63-65-67-69-71-73-75-77-84(89)95-82(81-94-86(85(90)91)92-79-78-87(3,4)5)80-93-83(88)76-74-72-70-68-66-64-62-60-58-56-54-52-50-48-46-44-39-37-35-33-31-29-27-25-23-21-19-17-15-13-11-9-7-2/h18,20,24-27,82,86H,6-17,19,21-23,28-81H2,1-5H3/p+1/b20-18-,26-24-,27-25-. The van der Waals surface area contributed by atoms with Gasteiger partial charge in [-0.2, -0.15) is 0 Å². The van der Waals surface area contributed by atoms with Crippen molar-refractivity contribution in [2.45, 2.75) is 450 Å². The number of likely N-dealkylation sites (N-methyl/N-ethyl adjacent to an activating group) is 1. The molecule has 0 heterocycles. The zero-order valence-electron chi connectivity index (χ0n) is 64.4. The molecule has 2 atom stereocenters. The quantitative estimate of drug-likeness (QED) is 0.0211. The summed E-state index contributed by atoms with van der Waals surface area (Å²) in [5.41, 5.74) is 0. The highest BCUT2D eigenvalue weighted by Gasteiger charge is 2.25. The summed E-state index contributed by atoms with van der Waals surface area (Å²) in [7, 11) is 6.00. The van der Waals surface area contributed by atoms with Gasteiger partial charge in [0.2, 0.25) is 0 Å². The Morgan fingerprint density at radius 2 is 0.568 bits per heavy atom. The second-order valence-electron chi connectivity index (χ2n) is 30.1. The summed E-state index contributed by atoms with van der Waals surface area (Å²) >= 11 is 0. The summed E-state index contributed by atoms with van der Waals surface area (Å²) < 4.78 is 23.1. The molecule has 0 rings (SSSR count). The Kier molecular flexibility index (Phi) is 75.2. The number of hydrogen-bond acceptors (Lipinski definition) is 7. The number of rotatable bonds is 80. The summed E-state index contributed by atoms with van der Waals surface area (Å²) in [5, 5.41) is 9.78. The summed E-state index contributed by atoms with van der Waals surface area (Å²) in [5.74, 6) is -1.97. The van der Waals surface area contributed by atoms with Crippen LogP contribution in [-0.2, 0) is 33.3 Å². The van der Waals surface area contributed by atoms with E-state index < -0.39 is 18.4 Å². The Balaban J connectivity index is 3.94. The van der Waals surface area contributed by atoms with E-state index in [-0.39, 0.29) is 38.2 Å². The van der Waals surface area contributed by atoms with Gasteiger partial charge in [-0.3, -0.25) is 9.59 Å². The van der Waals surface area contributed by atoms with Crippen molar-refractivity contribution >= 4 is 17.9 Å². The molecule has 95 heavy (non-hydrogen) atoms. The van der Waals surface area contributed by atoms with Crippen molar-refractivity contribution in [3.8, 4) is 0 Å². The van der Waals surface area contributed by atoms with E-state index in [0.29, 0.717) is 17.4 Å². The topological polar surface area (TPSA) is 108 Å². The third-order valence-electron chi connectivity index (χ3n) is 19.4. The SMILES string of the molecule is CCCCCCC/C=C\C/C=C\CCCCCCCCCCCCCCCCCCCCCCCCCCCC(=O)OC(COC(=O)CCCCCCCCCCCCCCCCCCCCCCC/C=C\CCCCCCCCCC)COC(OCC[N+](C)(C)C)C(=O)O. The molecule has 0 aliphatic carbocycles. The highest BCUT2D eigenvalue weighted by atomic mass is 16.7. The van der Waals surface area contributed by atoms with E-state index in [2.05, 4.69) is 50.3 Å². The number of nitrogens with zero attached hydrogens (tertiary/aromatic N) is 1. The number of quaternary nitrogens is 1. The largest absolute Gasteiger partial charge is 0.477 e. The predicted octanol–water partition coefficient (Wildman–Crippen LogP) is 27.0. The van der Waals surface area contributed by atoms with Gasteiger partial charge in [0, 0.05) is 12.8 Å². The van der Waals surface area contributed by atoms with E-state index in [1.54, 1.807) is 0 Å². The molecule has 0 aromatic rings. The summed E-state index contributed by atoms with van der Waals surface area (Å²) in [6, 6.07) is 0. The van der Waals surface area contributed by atoms with E-state index >= 15 is 0 Å². The fourth-order valence-electron chi connectivity index (χ4n) is 12.9. The Morgan fingerprint density at radius 3 is 0.842 bits per heavy atom. The van der Waals surface area contributed by atoms with Crippen LogP contribution in [0, 0.1) is 0 Å². The first-order valence-corrected chi connectivity index (χ1v) is 42.2. The molecule has 0 saturated carbocycles. The number of aliphatic carboxylic acids is 1. The fourth-order valence-corrected chi connectivity index (χ4v) is 12.9. The van der Waals surface area contributed by atoms with Crippen LogP contribution in [0.4, 0.5) is 0 Å². The predicted molar refractivity (Wildman–Crippen MR) is 411 cm³/mol. The first-order valence-electron chi connectivity index (χ1n) is 42.2. The molecule has 0 bridgehead atoms. The van der Waals surface area contributed by atoms with Gasteiger partial charge in [0.05, 0.1) is 34.4 Å². The van der Waals surface area contributed by atoms with Crippen LogP contribution in [0.1, 0.15) is 438 Å². The lowest BCUT2D eigenvalue weighted by atomic mass is 10.0. The minimum atomic E-state index is -1.51. The Hall–Kier alpha value is -2.49. The van der Waals surface area contributed by atoms with Gasteiger partial charge in [-0.05, 0) is 70.6 Å². The van der Waals surface area contributed by atoms with E-state index in [1.807, 2.05) is 21.1 Å². The number of carbonyl (C=O) groups excluding carboxylic acids is 2. The zero-order chi connectivity index (χ0) is 69.0. The maximum absolute atomic E-state index is 13.0. The molecule has 9 heteroatoms. The van der Waals surface area contributed by atoms with Crippen molar-refractivity contribution in [2.24, 2.45) is 0 Å². The van der Waals surface area contributed by atoms with Gasteiger partial charge in [-0.1, -0.05) is 391 Å². The number of carboxylic acid groups (broad SMARTS) is 1. The molecule has 0 fully saturated rings. The fraction of sp³-hybridized carbons (Fsp3) is 0.895. The Morgan fingerprint density at radius 1 is 0.316 bits per heavy atom. The van der Waals surface area contributed by atoms with Crippen LogP contribution in [0.25, 0.3) is 0 Å². The Labute approximate surface area is 591 Å². The van der Waals surface area contributed by atoms with Gasteiger partial charge in [0.15, 0.2) is 6.10 Å². The average Bonchev–Trinajstić information content (AvgIpc) is 3.75. The molecule has 1 N–H and O–H groups in total. The van der Waals surface area contributed by atoms with Crippen molar-refractivity contribution in [1.82, 2.24) is 0 Å². The van der Waals surface area contributed by atoms with Gasteiger partial charge < -0.3 is 28.5 Å². The lowest BCUT2D eigenvalue weighted by Gasteiger charge is -2.25. The zero-order valence-corrected chi connectivity index (χ0v) is 64.4. The molecule has 0 aliphatic heterocycles. The number of unbranched alkanes of at least 4 members (excludes halogenated alkanes) is 59. The van der Waals surface area contributed by atoms with Crippen LogP contribution in [0.5, 0.6) is 0 Å². The molecule has 0 amide bonds. The smallest absolute Gasteiger partial charge is 0.361 e. The molecular formula is C86H164NO8+. The first-order chi connectivity index (χ1) is 46.6. The molecule has 0 spiro atoms. The molecule has 0 saturated heterocycles. The van der Waals surface area contributed by atoms with Crippen molar-refractivity contribution in [3.05, 3.63) is 36.5 Å². The molecular weight excluding hydrogens is 1170 g/mol. The van der Waals surface area contributed by atoms with Gasteiger partial charge in [0.1, 0.15) is 13.2 Å². The third kappa shape index (κ3) is 78.7. The average molecular weight is 1340 g/mol. The second-order valence-corrected chi connectivity index (χ2v) is 30.1. The summed E-state index contributed by atoms with van der Waals surface area (Å²) in [4.78, 5) is 37.8. The van der Waals surface area contributed by atoms with Crippen LogP contribution >= 0.6 is 0 Å². The number of hydrogen-bond donors (Lipinski definition) is 1. The van der Waals surface area contributed by atoms with Crippen molar-refractivity contribution in [1.29, 1.82) is 0 Å². The molecule has 2 unspecified atom stereocenters. The van der Waals surface area contributed by atoms with Crippen LogP contribution in [0.3, 0.4) is 0 Å². The lowest BCUT2D eigenvalue weighted by molar-refractivity contribution is -0.870. The number of ether oxygens (including phenoxy) is 4. The first kappa shape index (κ1) is 92.5. The number of carboxylic acids is 1. The van der Waals surface area contributed by atoms with Gasteiger partial charge in [0.25, 0.3) is 6.29 Å². The number of allylic oxidation sites excluding steroid dienone is 6. The summed E-state index contributed by atoms with van der Waals surface area (Å²) in [6.07, 6.45) is 97.5. The molecule has 560 valence electrons. The van der Waals surface area contributed by atoms with Crippen LogP contribution in [-0.4, -0.2) is 87.4 Å². The second kappa shape index (κ2) is 77.3. The van der Waals surface area contributed by atoms with Crippen molar-refractivity contribution in [2.75, 3.05) is 47.5 Å². The van der Waals surface area contributed by atoms with Crippen molar-refractivity contribution < 1.29 is 42.9 Å². The van der Waals surface area contributed by atoms with Crippen molar-refractivity contribution in [3.63, 3.8) is 0 Å².